The van der Waals surface area contributed by atoms with Crippen LogP contribution in [-0.2, 0) is 11.0 Å². The van der Waals surface area contributed by atoms with Gasteiger partial charge in [0.15, 0.2) is 5.78 Å². The largest absolute Gasteiger partial charge is 0.416 e. The smallest absolute Gasteiger partial charge is 0.333 e. The molecule has 3 heterocycles. The van der Waals surface area contributed by atoms with Gasteiger partial charge in [-0.3, -0.25) is 14.5 Å². The van der Waals surface area contributed by atoms with Gasteiger partial charge in [-0.25, -0.2) is 4.79 Å². The lowest BCUT2D eigenvalue weighted by Gasteiger charge is -2.42. The molecular weight excluding hydrogens is 511 g/mol. The molecule has 11 heteroatoms. The van der Waals surface area contributed by atoms with Crippen molar-refractivity contribution in [2.24, 2.45) is 0 Å². The maximum absolute atomic E-state index is 13.8. The van der Waals surface area contributed by atoms with Crippen LogP contribution in [0.1, 0.15) is 53.4 Å². The number of likely N-dealkylation sites (tertiary alicyclic amines) is 1. The van der Waals surface area contributed by atoms with Gasteiger partial charge in [-0.05, 0) is 56.2 Å². The summed E-state index contributed by atoms with van der Waals surface area (Å²) < 4.78 is 40.3. The fourth-order valence-corrected chi connectivity index (χ4v) is 5.87. The van der Waals surface area contributed by atoms with Crippen LogP contribution in [-0.4, -0.2) is 59.7 Å². The van der Waals surface area contributed by atoms with Gasteiger partial charge >= 0.3 is 12.2 Å². The predicted octanol–water partition coefficient (Wildman–Crippen LogP) is 4.24. The zero-order valence-corrected chi connectivity index (χ0v) is 21.5. The lowest BCUT2D eigenvalue weighted by atomic mass is 9.87. The minimum Gasteiger partial charge on any atom is -0.333 e. The second-order valence-electron chi connectivity index (χ2n) is 10.1. The minimum absolute atomic E-state index is 0.00719. The molecule has 2 aromatic rings. The summed E-state index contributed by atoms with van der Waals surface area (Å²) in [7, 11) is 1.44. The van der Waals surface area contributed by atoms with Gasteiger partial charge in [0.25, 0.3) is 5.91 Å². The molecule has 0 spiro atoms. The molecule has 3 unspecified atom stereocenters. The number of nitrogens with one attached hydrogen (secondary N) is 1. The van der Waals surface area contributed by atoms with E-state index in [1.54, 1.807) is 11.0 Å². The molecule has 0 saturated carbocycles. The Morgan fingerprint density at radius 3 is 2.49 bits per heavy atom. The fraction of sp³-hybridized carbons (Fsp3) is 0.357. The summed E-state index contributed by atoms with van der Waals surface area (Å²) >= 11 is 0. The number of fused-ring (bicyclic) bond motifs is 2. The number of allylic oxidation sites excluding steroid dienone is 1. The third kappa shape index (κ3) is 4.44. The predicted molar refractivity (Wildman–Crippen MR) is 136 cm³/mol. The number of piperazine rings is 1. The third-order valence-corrected chi connectivity index (χ3v) is 7.71. The number of carbonyl (C=O) groups excluding carboxylic acids is 3. The third-order valence-electron chi connectivity index (χ3n) is 7.71. The summed E-state index contributed by atoms with van der Waals surface area (Å²) in [6.45, 7) is 3.99. The molecular formula is C28H26F3N5O3. The molecule has 2 saturated heterocycles. The van der Waals surface area contributed by atoms with E-state index in [9.17, 15) is 32.8 Å². The van der Waals surface area contributed by atoms with Crippen molar-refractivity contribution < 1.29 is 27.6 Å². The molecule has 2 fully saturated rings. The van der Waals surface area contributed by atoms with Gasteiger partial charge in [0, 0.05) is 49.1 Å². The number of benzene rings is 2. The molecule has 2 bridgehead atoms. The molecule has 1 N–H and O–H groups in total. The highest BCUT2D eigenvalue weighted by molar-refractivity contribution is 6.06. The first-order valence-corrected chi connectivity index (χ1v) is 12.5. The molecule has 202 valence electrons. The molecule has 0 radical (unpaired) electrons. The molecule has 3 atom stereocenters. The van der Waals surface area contributed by atoms with Gasteiger partial charge in [-0.2, -0.15) is 18.4 Å². The topological polar surface area (TPSA) is 96.7 Å². The fourth-order valence-electron chi connectivity index (χ4n) is 5.87. The van der Waals surface area contributed by atoms with Crippen LogP contribution in [0, 0.1) is 11.3 Å². The minimum atomic E-state index is -4.62. The van der Waals surface area contributed by atoms with Gasteiger partial charge < -0.3 is 15.1 Å². The van der Waals surface area contributed by atoms with Gasteiger partial charge in [0.1, 0.15) is 0 Å². The standard InChI is InChI=1S/C28H26F3N5O3/c1-15-24(16(2)37)25(34(3)27(39)36(15)20-6-4-5-18(10-20)28(29,30)31)22-8-7-17(12-32)9-23(22)26(38)35-14-19-11-21(35)13-33-19/h4-10,19,21,25,33H,11,13-14H2,1-3H3. The summed E-state index contributed by atoms with van der Waals surface area (Å²) in [6, 6.07) is 9.51. The average molecular weight is 538 g/mol. The number of urea groups is 1. The highest BCUT2D eigenvalue weighted by Crippen LogP contribution is 2.42. The maximum Gasteiger partial charge on any atom is 0.416 e. The van der Waals surface area contributed by atoms with Crippen molar-refractivity contribution in [3.05, 3.63) is 76.0 Å². The van der Waals surface area contributed by atoms with Crippen LogP contribution >= 0.6 is 0 Å². The average Bonchev–Trinajstić information content (AvgIpc) is 3.53. The monoisotopic (exact) mass is 537 g/mol. The number of nitriles is 1. The van der Waals surface area contributed by atoms with Gasteiger partial charge in [-0.15, -0.1) is 0 Å². The molecule has 0 aromatic heterocycles. The number of nitrogens with zero attached hydrogens (tertiary/aromatic N) is 4. The number of halogens is 3. The van der Waals surface area contributed by atoms with Gasteiger partial charge in [0.2, 0.25) is 0 Å². The van der Waals surface area contributed by atoms with E-state index in [1.165, 1.54) is 50.1 Å². The van der Waals surface area contributed by atoms with Gasteiger partial charge in [0.05, 0.1) is 28.9 Å². The summed E-state index contributed by atoms with van der Waals surface area (Å²) in [4.78, 5) is 44.6. The van der Waals surface area contributed by atoms with Crippen LogP contribution in [0.25, 0.3) is 0 Å². The number of Topliss-reactive ketones (excluding diaryl/α,β-unsaturated/α-hetero) is 1. The number of hydrogen-bond acceptors (Lipinski definition) is 5. The number of hydrogen-bond donors (Lipinski definition) is 1. The molecule has 3 aliphatic rings. The number of likely N-dealkylation sites (N-methyl/N-ethyl adjacent to an activating group) is 1. The highest BCUT2D eigenvalue weighted by atomic mass is 19.4. The first kappa shape index (κ1) is 26.4. The molecule has 3 aliphatic heterocycles. The van der Waals surface area contributed by atoms with Crippen molar-refractivity contribution >= 4 is 23.4 Å². The lowest BCUT2D eigenvalue weighted by molar-refractivity contribution is -0.137. The Labute approximate surface area is 223 Å². The number of rotatable bonds is 4. The van der Waals surface area contributed by atoms with Crippen LogP contribution < -0.4 is 10.2 Å². The number of alkyl halides is 3. The Bertz CT molecular complexity index is 1460. The van der Waals surface area contributed by atoms with E-state index in [0.29, 0.717) is 18.7 Å². The number of anilines is 1. The van der Waals surface area contributed by atoms with Crippen LogP contribution in [0.4, 0.5) is 23.7 Å². The van der Waals surface area contributed by atoms with E-state index in [0.717, 1.165) is 23.5 Å². The first-order valence-electron chi connectivity index (χ1n) is 12.5. The van der Waals surface area contributed by atoms with Crippen molar-refractivity contribution in [2.45, 2.75) is 44.6 Å². The Hall–Kier alpha value is -4.17. The quantitative estimate of drug-likeness (QED) is 0.630. The molecule has 8 nitrogen and oxygen atoms in total. The summed E-state index contributed by atoms with van der Waals surface area (Å²) in [5.41, 5.74) is 0.214. The Balaban J connectivity index is 1.64. The second kappa shape index (κ2) is 9.54. The van der Waals surface area contributed by atoms with Crippen molar-refractivity contribution in [1.82, 2.24) is 15.1 Å². The van der Waals surface area contributed by atoms with Crippen LogP contribution in [0.3, 0.4) is 0 Å². The van der Waals surface area contributed by atoms with E-state index in [2.05, 4.69) is 5.32 Å². The van der Waals surface area contributed by atoms with Crippen molar-refractivity contribution in [3.8, 4) is 6.07 Å². The zero-order valence-electron chi connectivity index (χ0n) is 21.5. The SMILES string of the molecule is CC(=O)C1=C(C)N(c2cccc(C(F)(F)F)c2)C(=O)N(C)C1c1ccc(C#N)cc1C(=O)N1CC2CC1CN2. The molecule has 39 heavy (non-hydrogen) atoms. The Morgan fingerprint density at radius 1 is 1.15 bits per heavy atom. The van der Waals surface area contributed by atoms with Crippen LogP contribution in [0.15, 0.2) is 53.7 Å². The summed E-state index contributed by atoms with van der Waals surface area (Å²) in [5, 5.41) is 12.9. The van der Waals surface area contributed by atoms with E-state index >= 15 is 0 Å². The second-order valence-corrected chi connectivity index (χ2v) is 10.1. The van der Waals surface area contributed by atoms with Crippen LogP contribution in [0.2, 0.25) is 0 Å². The number of ketones is 1. The van der Waals surface area contributed by atoms with Crippen molar-refractivity contribution in [1.29, 1.82) is 5.26 Å². The van der Waals surface area contributed by atoms with Crippen LogP contribution in [0.5, 0.6) is 0 Å². The van der Waals surface area contributed by atoms with Gasteiger partial charge in [-0.1, -0.05) is 12.1 Å². The Kier molecular flexibility index (Phi) is 6.47. The molecule has 0 aliphatic carbocycles. The van der Waals surface area contributed by atoms with E-state index in [1.807, 2.05) is 6.07 Å². The molecule has 5 rings (SSSR count). The number of amides is 3. The lowest BCUT2D eigenvalue weighted by Crippen LogP contribution is -2.50. The van der Waals surface area contributed by atoms with E-state index in [4.69, 9.17) is 0 Å². The molecule has 2 aromatic carbocycles. The molecule has 3 amide bonds. The van der Waals surface area contributed by atoms with E-state index in [-0.39, 0.29) is 46.1 Å². The summed E-state index contributed by atoms with van der Waals surface area (Å²) in [5.74, 6) is -0.696. The highest BCUT2D eigenvalue weighted by Gasteiger charge is 2.44. The van der Waals surface area contributed by atoms with Crippen molar-refractivity contribution in [2.75, 3.05) is 25.0 Å². The zero-order chi connectivity index (χ0) is 28.2. The maximum atomic E-state index is 13.8. The normalized spacial score (nSPS) is 22.9. The number of carbonyl (C=O) groups is 3. The van der Waals surface area contributed by atoms with Crippen molar-refractivity contribution in [3.63, 3.8) is 0 Å². The first-order chi connectivity index (χ1) is 18.4. The Morgan fingerprint density at radius 2 is 1.90 bits per heavy atom. The van der Waals surface area contributed by atoms with E-state index < -0.39 is 29.6 Å². The summed E-state index contributed by atoms with van der Waals surface area (Å²) in [6.07, 6.45) is -3.79.